The SMILES string of the molecule is CN1CC[C@@H](Nc2cccc3c(CC(F)(F)F)c(C#CCNc4ccc(P(C)C)c5c4OCO5)sc23)[C@@H](F)C1. The summed E-state index contributed by atoms with van der Waals surface area (Å²) in [4.78, 5) is 2.30. The van der Waals surface area contributed by atoms with E-state index in [9.17, 15) is 17.6 Å². The third kappa shape index (κ3) is 6.21. The van der Waals surface area contributed by atoms with Crippen molar-refractivity contribution >= 4 is 46.0 Å². The van der Waals surface area contributed by atoms with Gasteiger partial charge in [0.15, 0.2) is 11.5 Å². The van der Waals surface area contributed by atoms with Gasteiger partial charge in [-0.2, -0.15) is 13.2 Å². The van der Waals surface area contributed by atoms with Gasteiger partial charge >= 0.3 is 6.18 Å². The Balaban J connectivity index is 1.40. The van der Waals surface area contributed by atoms with E-state index in [1.165, 1.54) is 11.3 Å². The number of ether oxygens (including phenoxy) is 2. The Hall–Kier alpha value is -2.73. The van der Waals surface area contributed by atoms with Gasteiger partial charge in [-0.05, 0) is 55.9 Å². The molecule has 2 aromatic carbocycles. The molecule has 2 N–H and O–H groups in total. The number of hydrogen-bond acceptors (Lipinski definition) is 6. The molecule has 3 heterocycles. The van der Waals surface area contributed by atoms with Crippen molar-refractivity contribution in [3.05, 3.63) is 40.8 Å². The zero-order valence-electron chi connectivity index (χ0n) is 21.9. The van der Waals surface area contributed by atoms with Crippen LogP contribution in [-0.4, -0.2) is 70.1 Å². The van der Waals surface area contributed by atoms with Gasteiger partial charge in [0.2, 0.25) is 6.79 Å². The quantitative estimate of drug-likeness (QED) is 0.213. The molecule has 5 rings (SSSR count). The molecule has 1 aromatic heterocycles. The highest BCUT2D eigenvalue weighted by Crippen LogP contribution is 2.43. The van der Waals surface area contributed by atoms with Crippen molar-refractivity contribution in [3.63, 3.8) is 0 Å². The average Bonchev–Trinajstić information content (AvgIpc) is 3.49. The summed E-state index contributed by atoms with van der Waals surface area (Å²) in [7, 11) is 1.50. The van der Waals surface area contributed by atoms with E-state index >= 15 is 0 Å². The summed E-state index contributed by atoms with van der Waals surface area (Å²) in [5.74, 6) is 7.33. The third-order valence-electron chi connectivity index (χ3n) is 6.83. The summed E-state index contributed by atoms with van der Waals surface area (Å²) in [6.07, 6.45) is -5.91. The van der Waals surface area contributed by atoms with Crippen molar-refractivity contribution in [2.24, 2.45) is 0 Å². The van der Waals surface area contributed by atoms with Gasteiger partial charge in [-0.3, -0.25) is 0 Å². The number of nitrogens with one attached hydrogen (secondary N) is 2. The van der Waals surface area contributed by atoms with Crippen LogP contribution in [0.1, 0.15) is 16.9 Å². The van der Waals surface area contributed by atoms with E-state index in [1.54, 1.807) is 18.2 Å². The molecule has 0 saturated carbocycles. The number of fused-ring (bicyclic) bond motifs is 2. The van der Waals surface area contributed by atoms with Gasteiger partial charge < -0.3 is 25.0 Å². The van der Waals surface area contributed by atoms with Gasteiger partial charge in [-0.1, -0.05) is 31.9 Å². The first-order valence-electron chi connectivity index (χ1n) is 12.6. The summed E-state index contributed by atoms with van der Waals surface area (Å²) in [5.41, 5.74) is 1.53. The van der Waals surface area contributed by atoms with Crippen LogP contribution in [0.25, 0.3) is 10.1 Å². The maximum atomic E-state index is 14.7. The summed E-state index contributed by atoms with van der Waals surface area (Å²) >= 11 is 1.21. The van der Waals surface area contributed by atoms with Crippen molar-refractivity contribution in [3.8, 4) is 23.3 Å². The minimum Gasteiger partial charge on any atom is -0.453 e. The Morgan fingerprint density at radius 3 is 2.67 bits per heavy atom. The molecule has 0 unspecified atom stereocenters. The molecule has 1 fully saturated rings. The predicted octanol–water partition coefficient (Wildman–Crippen LogP) is 6.02. The van der Waals surface area contributed by atoms with E-state index in [0.29, 0.717) is 39.4 Å². The zero-order valence-corrected chi connectivity index (χ0v) is 23.6. The first-order chi connectivity index (χ1) is 18.6. The third-order valence-corrected chi connectivity index (χ3v) is 9.34. The van der Waals surface area contributed by atoms with Crippen LogP contribution < -0.4 is 25.4 Å². The largest absolute Gasteiger partial charge is 0.453 e. The molecule has 5 nitrogen and oxygen atoms in total. The maximum absolute atomic E-state index is 14.7. The number of hydrogen-bond donors (Lipinski definition) is 2. The van der Waals surface area contributed by atoms with Gasteiger partial charge in [0.1, 0.15) is 6.17 Å². The highest BCUT2D eigenvalue weighted by atomic mass is 32.1. The molecule has 2 aliphatic rings. The molecule has 2 atom stereocenters. The minimum absolute atomic E-state index is 0.148. The van der Waals surface area contributed by atoms with Gasteiger partial charge in [0, 0.05) is 18.4 Å². The normalized spacial score (nSPS) is 19.3. The molecule has 0 amide bonds. The Kier molecular flexibility index (Phi) is 8.14. The van der Waals surface area contributed by atoms with E-state index < -0.39 is 24.8 Å². The molecule has 3 aromatic rings. The van der Waals surface area contributed by atoms with Gasteiger partial charge in [-0.25, -0.2) is 4.39 Å². The first kappa shape index (κ1) is 27.8. The van der Waals surface area contributed by atoms with E-state index in [1.807, 2.05) is 24.1 Å². The maximum Gasteiger partial charge on any atom is 0.393 e. The summed E-state index contributed by atoms with van der Waals surface area (Å²) in [5, 5.41) is 8.08. The minimum atomic E-state index is -4.39. The van der Waals surface area contributed by atoms with Crippen LogP contribution in [0.2, 0.25) is 0 Å². The van der Waals surface area contributed by atoms with Crippen LogP contribution in [0.15, 0.2) is 30.3 Å². The highest BCUT2D eigenvalue weighted by molar-refractivity contribution is 7.64. The average molecular weight is 580 g/mol. The van der Waals surface area contributed by atoms with Crippen LogP contribution in [0.4, 0.5) is 28.9 Å². The lowest BCUT2D eigenvalue weighted by molar-refractivity contribution is -0.126. The number of piperidine rings is 1. The Bertz CT molecular complexity index is 1420. The molecule has 2 aliphatic heterocycles. The van der Waals surface area contributed by atoms with Crippen LogP contribution in [-0.2, 0) is 6.42 Å². The topological polar surface area (TPSA) is 45.8 Å². The summed E-state index contributed by atoms with van der Waals surface area (Å²) in [6, 6.07) is 8.72. The van der Waals surface area contributed by atoms with E-state index in [-0.39, 0.29) is 26.8 Å². The lowest BCUT2D eigenvalue weighted by Crippen LogP contribution is -2.46. The lowest BCUT2D eigenvalue weighted by Gasteiger charge is -2.33. The molecule has 1 saturated heterocycles. The van der Waals surface area contributed by atoms with Crippen LogP contribution in [0.3, 0.4) is 0 Å². The molecule has 0 aliphatic carbocycles. The van der Waals surface area contributed by atoms with Crippen molar-refractivity contribution in [1.29, 1.82) is 0 Å². The monoisotopic (exact) mass is 579 g/mol. The Labute approximate surface area is 230 Å². The molecular formula is C28H30F4N3O2PS. The van der Waals surface area contributed by atoms with E-state index in [4.69, 9.17) is 9.47 Å². The van der Waals surface area contributed by atoms with Gasteiger partial charge in [0.05, 0.1) is 40.0 Å². The van der Waals surface area contributed by atoms with Crippen LogP contribution in [0, 0.1) is 11.8 Å². The Morgan fingerprint density at radius 2 is 1.92 bits per heavy atom. The zero-order chi connectivity index (χ0) is 27.7. The van der Waals surface area contributed by atoms with Crippen molar-refractivity contribution < 1.29 is 27.0 Å². The number of likely N-dealkylation sites (tertiary alicyclic amines) is 1. The fraction of sp³-hybridized carbons (Fsp3) is 0.429. The molecule has 11 heteroatoms. The van der Waals surface area contributed by atoms with Gasteiger partial charge in [0.25, 0.3) is 0 Å². The van der Waals surface area contributed by atoms with Crippen molar-refractivity contribution in [2.45, 2.75) is 31.2 Å². The van der Waals surface area contributed by atoms with Crippen molar-refractivity contribution in [1.82, 2.24) is 4.90 Å². The number of alkyl halides is 4. The Morgan fingerprint density at radius 1 is 1.13 bits per heavy atom. The van der Waals surface area contributed by atoms with Crippen LogP contribution >= 0.6 is 19.3 Å². The fourth-order valence-corrected chi connectivity index (χ4v) is 7.03. The van der Waals surface area contributed by atoms with E-state index in [2.05, 4.69) is 35.8 Å². The van der Waals surface area contributed by atoms with Crippen LogP contribution in [0.5, 0.6) is 11.5 Å². The predicted molar refractivity (Wildman–Crippen MR) is 152 cm³/mol. The smallest absolute Gasteiger partial charge is 0.393 e. The number of thiophene rings is 1. The summed E-state index contributed by atoms with van der Waals surface area (Å²) < 4.78 is 67.4. The standard InChI is InChI=1S/C28H30F4N3O2PS/c1-35-13-11-20(19(29)15-35)34-22-7-4-6-17-18(14-28(30,31)32)24(39-27(17)22)8-5-12-33-21-9-10-23(38(2)3)26-25(21)36-16-37-26/h4,6-7,9-10,19-20,33-34H,11-16H2,1-3H3/t19-,20+/m0/s1. The molecular weight excluding hydrogens is 549 g/mol. The number of nitrogens with zero attached hydrogens (tertiary/aromatic N) is 1. The number of anilines is 2. The number of halogens is 4. The molecule has 208 valence electrons. The molecule has 39 heavy (non-hydrogen) atoms. The fourth-order valence-electron chi connectivity index (χ4n) is 4.92. The second kappa shape index (κ2) is 11.4. The molecule has 0 radical (unpaired) electrons. The second-order valence-electron chi connectivity index (χ2n) is 9.95. The molecule has 0 spiro atoms. The molecule has 0 bridgehead atoms. The summed E-state index contributed by atoms with van der Waals surface area (Å²) in [6.45, 7) is 5.71. The second-order valence-corrected chi connectivity index (χ2v) is 13.2. The first-order valence-corrected chi connectivity index (χ1v) is 15.7. The van der Waals surface area contributed by atoms with E-state index in [0.717, 1.165) is 23.3 Å². The van der Waals surface area contributed by atoms with Crippen molar-refractivity contribution in [2.75, 3.05) is 57.4 Å². The highest BCUT2D eigenvalue weighted by Gasteiger charge is 2.32. The number of benzene rings is 2. The van der Waals surface area contributed by atoms with Gasteiger partial charge in [-0.15, -0.1) is 11.3 Å². The number of rotatable bonds is 6. The lowest BCUT2D eigenvalue weighted by atomic mass is 10.0.